The quantitative estimate of drug-likeness (QED) is 0.160. The number of amides is 5. The second-order valence-corrected chi connectivity index (χ2v) is 17.9. The lowest BCUT2D eigenvalue weighted by atomic mass is 9.83. The van der Waals surface area contributed by atoms with Crippen LogP contribution < -0.4 is 21.3 Å². The lowest BCUT2D eigenvalue weighted by molar-refractivity contribution is -0.144. The smallest absolute Gasteiger partial charge is 0.315 e. The van der Waals surface area contributed by atoms with E-state index >= 15 is 0 Å². The Hall–Kier alpha value is -3.74. The summed E-state index contributed by atoms with van der Waals surface area (Å²) in [6.07, 6.45) is 6.56. The molecule has 12 nitrogen and oxygen atoms in total. The molecule has 3 fully saturated rings. The average Bonchev–Trinajstić information content (AvgIpc) is 3.35. The van der Waals surface area contributed by atoms with Crippen LogP contribution in [-0.2, 0) is 34.8 Å². The van der Waals surface area contributed by atoms with Gasteiger partial charge in [0.25, 0.3) is 5.91 Å². The molecule has 0 radical (unpaired) electrons. The van der Waals surface area contributed by atoms with Crippen molar-refractivity contribution in [1.82, 2.24) is 26.2 Å². The Bertz CT molecular complexity index is 1530. The Labute approximate surface area is 296 Å². The van der Waals surface area contributed by atoms with E-state index in [0.29, 0.717) is 18.5 Å². The Morgan fingerprint density at radius 3 is 2.30 bits per heavy atom. The largest absolute Gasteiger partial charge is 0.348 e. The van der Waals surface area contributed by atoms with Gasteiger partial charge in [0.15, 0.2) is 9.84 Å². The monoisotopic (exact) mass is 713 g/mol. The second-order valence-electron chi connectivity index (χ2n) is 15.7. The van der Waals surface area contributed by atoms with Crippen LogP contribution in [0, 0.1) is 23.2 Å². The highest BCUT2D eigenvalue weighted by atomic mass is 32.2. The third-order valence-corrected chi connectivity index (χ3v) is 12.0. The van der Waals surface area contributed by atoms with Gasteiger partial charge in [-0.25, -0.2) is 13.2 Å². The molecule has 4 N–H and O–H groups in total. The average molecular weight is 714 g/mol. The minimum absolute atomic E-state index is 0.0704. The molecule has 0 spiro atoms. The lowest BCUT2D eigenvalue weighted by Crippen LogP contribution is -2.61. The van der Waals surface area contributed by atoms with Gasteiger partial charge in [0.2, 0.25) is 17.6 Å². The second kappa shape index (κ2) is 16.1. The number of piperidine rings is 1. The highest BCUT2D eigenvalue weighted by Gasteiger charge is 2.69. The maximum Gasteiger partial charge on any atom is 0.315 e. The van der Waals surface area contributed by atoms with Crippen molar-refractivity contribution in [3.05, 3.63) is 48.6 Å². The zero-order valence-corrected chi connectivity index (χ0v) is 30.9. The third-order valence-electron chi connectivity index (χ3n) is 10.4. The molecule has 2 aliphatic carbocycles. The summed E-state index contributed by atoms with van der Waals surface area (Å²) in [5.41, 5.74) is -0.0993. The van der Waals surface area contributed by atoms with Gasteiger partial charge in [-0.2, -0.15) is 0 Å². The number of fused-ring (bicyclic) bond motifs is 1. The third kappa shape index (κ3) is 9.95. The van der Waals surface area contributed by atoms with E-state index in [1.807, 2.05) is 20.8 Å². The van der Waals surface area contributed by atoms with Gasteiger partial charge < -0.3 is 26.2 Å². The van der Waals surface area contributed by atoms with Gasteiger partial charge in [0.1, 0.15) is 12.1 Å². The summed E-state index contributed by atoms with van der Waals surface area (Å²) in [5, 5.41) is 11.0. The molecule has 0 bridgehead atoms. The van der Waals surface area contributed by atoms with Crippen molar-refractivity contribution < 1.29 is 32.4 Å². The van der Waals surface area contributed by atoms with Gasteiger partial charge in [0.05, 0.1) is 17.5 Å². The first-order chi connectivity index (χ1) is 23.4. The molecule has 3 aliphatic rings. The number of nitrogens with one attached hydrogen (secondary N) is 4. The van der Waals surface area contributed by atoms with Crippen LogP contribution in [0.2, 0.25) is 0 Å². The highest BCUT2D eigenvalue weighted by molar-refractivity contribution is 7.90. The molecule has 1 aromatic carbocycles. The van der Waals surface area contributed by atoms with E-state index in [9.17, 15) is 32.4 Å². The Balaban J connectivity index is 1.46. The Morgan fingerprint density at radius 2 is 1.68 bits per heavy atom. The van der Waals surface area contributed by atoms with Crippen molar-refractivity contribution in [2.45, 2.75) is 109 Å². The van der Waals surface area contributed by atoms with E-state index in [-0.39, 0.29) is 53.5 Å². The predicted molar refractivity (Wildman–Crippen MR) is 191 cm³/mol. The van der Waals surface area contributed by atoms with Crippen LogP contribution in [0.15, 0.2) is 43.0 Å². The zero-order valence-electron chi connectivity index (χ0n) is 30.1. The van der Waals surface area contributed by atoms with Gasteiger partial charge in [-0.15, -0.1) is 6.58 Å². The first kappa shape index (κ1) is 39.1. The number of hydrogen-bond donors (Lipinski definition) is 4. The van der Waals surface area contributed by atoms with E-state index in [1.165, 1.54) is 0 Å². The summed E-state index contributed by atoms with van der Waals surface area (Å²) in [7, 11) is -3.56. The molecule has 1 aliphatic heterocycles. The minimum atomic E-state index is -3.56. The van der Waals surface area contributed by atoms with Crippen LogP contribution in [0.1, 0.15) is 85.1 Å². The Kier molecular flexibility index (Phi) is 12.6. The molecule has 4 rings (SSSR count). The zero-order chi connectivity index (χ0) is 36.9. The van der Waals surface area contributed by atoms with Crippen molar-refractivity contribution >= 4 is 39.4 Å². The molecule has 276 valence electrons. The number of benzene rings is 1. The number of carbonyl (C=O) groups is 5. The van der Waals surface area contributed by atoms with E-state index in [0.717, 1.165) is 32.1 Å². The van der Waals surface area contributed by atoms with E-state index < -0.39 is 57.1 Å². The number of Topliss-reactive ketones (excluding diaryl/α,β-unsaturated/α-hetero) is 1. The van der Waals surface area contributed by atoms with Gasteiger partial charge in [0, 0.05) is 18.6 Å². The fourth-order valence-electron chi connectivity index (χ4n) is 7.63. The summed E-state index contributed by atoms with van der Waals surface area (Å²) in [4.78, 5) is 69.4. The first-order valence-electron chi connectivity index (χ1n) is 17.8. The lowest BCUT2D eigenvalue weighted by Gasteiger charge is -2.37. The van der Waals surface area contributed by atoms with Crippen LogP contribution in [0.5, 0.6) is 0 Å². The van der Waals surface area contributed by atoms with Crippen LogP contribution in [0.25, 0.3) is 0 Å². The van der Waals surface area contributed by atoms with Crippen molar-refractivity contribution in [3.63, 3.8) is 0 Å². The SMILES string of the molecule is C=CCCC(NC(=O)[C@@H]1[C@@H]2C(CN1C(=O)[C@@H](NC(=O)NC(C)(C)C)C1CCCCC1)C2(C)C)C(=O)C(=O)NCCS(=O)(=O)Cc1ccccc1. The fourth-order valence-corrected chi connectivity index (χ4v) is 8.89. The van der Waals surface area contributed by atoms with Gasteiger partial charge in [-0.3, -0.25) is 19.2 Å². The summed E-state index contributed by atoms with van der Waals surface area (Å²) < 4.78 is 25.2. The molecule has 1 saturated heterocycles. The first-order valence-corrected chi connectivity index (χ1v) is 19.6. The molecular weight excluding hydrogens is 659 g/mol. The molecule has 5 atom stereocenters. The van der Waals surface area contributed by atoms with Crippen molar-refractivity contribution in [2.24, 2.45) is 23.2 Å². The number of rotatable bonds is 15. The standard InChI is InChI=1S/C37H55N5O7S/c1-7-8-19-27(31(43)33(45)38-20-21-50(48,49)23-24-15-11-9-12-16-24)39-32(44)30-28-26(37(28,5)6)22-42(30)34(46)29(25-17-13-10-14-18-25)40-35(47)41-36(2,3)4/h7,9,11-12,15-16,25-30H,1,8,10,13-14,17-23H2,2-6H3,(H,38,45)(H,39,44)(H2,40,41,47)/t26?,27?,28-,29-,30-/m0/s1. The van der Waals surface area contributed by atoms with Crippen LogP contribution in [-0.4, -0.2) is 85.4 Å². The van der Waals surface area contributed by atoms with E-state index in [1.54, 1.807) is 41.3 Å². The summed E-state index contributed by atoms with van der Waals surface area (Å²) in [6.45, 7) is 13.5. The summed E-state index contributed by atoms with van der Waals surface area (Å²) in [5.74, 6) is -3.44. The summed E-state index contributed by atoms with van der Waals surface area (Å²) >= 11 is 0. The number of urea groups is 1. The molecule has 50 heavy (non-hydrogen) atoms. The molecule has 1 heterocycles. The molecule has 0 aromatic heterocycles. The van der Waals surface area contributed by atoms with Crippen LogP contribution >= 0.6 is 0 Å². The maximum absolute atomic E-state index is 14.4. The van der Waals surface area contributed by atoms with Crippen LogP contribution in [0.3, 0.4) is 0 Å². The maximum atomic E-state index is 14.4. The molecule has 2 unspecified atom stereocenters. The van der Waals surface area contributed by atoms with Crippen LogP contribution in [0.4, 0.5) is 4.79 Å². The fraction of sp³-hybridized carbons (Fsp3) is 0.649. The number of allylic oxidation sites excluding steroid dienone is 1. The molecule has 2 saturated carbocycles. The van der Waals surface area contributed by atoms with Gasteiger partial charge in [-0.1, -0.05) is 69.5 Å². The normalized spacial score (nSPS) is 22.7. The number of hydrogen-bond acceptors (Lipinski definition) is 7. The number of sulfone groups is 1. The van der Waals surface area contributed by atoms with E-state index in [2.05, 4.69) is 41.7 Å². The molecular formula is C37H55N5O7S. The summed E-state index contributed by atoms with van der Waals surface area (Å²) in [6, 6.07) is 5.34. The number of likely N-dealkylation sites (tertiary alicyclic amines) is 1. The molecule has 1 aromatic rings. The van der Waals surface area contributed by atoms with Crippen molar-refractivity contribution in [3.8, 4) is 0 Å². The van der Waals surface area contributed by atoms with Gasteiger partial charge >= 0.3 is 6.03 Å². The van der Waals surface area contributed by atoms with Gasteiger partial charge in [-0.05, 0) is 75.2 Å². The van der Waals surface area contributed by atoms with E-state index in [4.69, 9.17) is 0 Å². The number of ketones is 1. The minimum Gasteiger partial charge on any atom is -0.348 e. The molecule has 13 heteroatoms. The number of nitrogens with zero attached hydrogens (tertiary/aromatic N) is 1. The highest BCUT2D eigenvalue weighted by Crippen LogP contribution is 2.65. The van der Waals surface area contributed by atoms with Crippen molar-refractivity contribution in [2.75, 3.05) is 18.8 Å². The molecule has 5 amide bonds. The Morgan fingerprint density at radius 1 is 1.02 bits per heavy atom. The number of carbonyl (C=O) groups excluding carboxylic acids is 5. The van der Waals surface area contributed by atoms with Crippen molar-refractivity contribution in [1.29, 1.82) is 0 Å². The predicted octanol–water partition coefficient (Wildman–Crippen LogP) is 3.27. The topological polar surface area (TPSA) is 171 Å².